The van der Waals surface area contributed by atoms with Crippen LogP contribution in [-0.2, 0) is 11.8 Å². The number of rotatable bonds is 12. The van der Waals surface area contributed by atoms with Gasteiger partial charge in [0.2, 0.25) is 5.91 Å². The molecule has 0 radical (unpaired) electrons. The fourth-order valence-electron chi connectivity index (χ4n) is 6.59. The summed E-state index contributed by atoms with van der Waals surface area (Å²) in [4.78, 5) is 70.2. The third-order valence-electron chi connectivity index (χ3n) is 9.95. The van der Waals surface area contributed by atoms with Crippen molar-refractivity contribution >= 4 is 80.0 Å². The number of aryl methyl sites for hydroxylation is 1. The third kappa shape index (κ3) is 9.80. The molecular weight excluding hydrogens is 783 g/mol. The summed E-state index contributed by atoms with van der Waals surface area (Å²) >= 11 is 0. The van der Waals surface area contributed by atoms with Crippen LogP contribution in [-0.4, -0.2) is 58.5 Å². The predicted molar refractivity (Wildman–Crippen MR) is 242 cm³/mol. The lowest BCUT2D eigenvalue weighted by atomic mass is 10.0. The first kappa shape index (κ1) is 41.9. The van der Waals surface area contributed by atoms with Crippen LogP contribution < -0.4 is 26.6 Å². The van der Waals surface area contributed by atoms with Gasteiger partial charge in [0.15, 0.2) is 11.6 Å². The monoisotopic (exact) mass is 827 g/mol. The molecule has 0 aliphatic heterocycles. The lowest BCUT2D eigenvalue weighted by Crippen LogP contribution is -2.45. The number of anilines is 6. The Bertz CT molecular complexity index is 2910. The van der Waals surface area contributed by atoms with E-state index in [2.05, 4.69) is 51.5 Å². The second-order valence-electron chi connectivity index (χ2n) is 15.0. The minimum atomic E-state index is -0.303. The van der Waals surface area contributed by atoms with Gasteiger partial charge >= 0.3 is 6.03 Å². The number of amides is 3. The minimum absolute atomic E-state index is 0.0963. The molecule has 312 valence electrons. The van der Waals surface area contributed by atoms with Crippen molar-refractivity contribution in [1.82, 2.24) is 34.8 Å². The van der Waals surface area contributed by atoms with E-state index in [0.29, 0.717) is 73.0 Å². The first-order chi connectivity index (χ1) is 29.9. The van der Waals surface area contributed by atoms with E-state index in [1.165, 1.54) is 19.6 Å². The average molecular weight is 828 g/mol. The molecule has 0 fully saturated rings. The molecular formula is C47H45N11O4. The van der Waals surface area contributed by atoms with Gasteiger partial charge in [-0.2, -0.15) is 0 Å². The molecule has 0 atom stereocenters. The van der Waals surface area contributed by atoms with Crippen molar-refractivity contribution in [3.05, 3.63) is 156 Å². The first-order valence-corrected chi connectivity index (χ1v) is 19.8. The van der Waals surface area contributed by atoms with E-state index in [9.17, 15) is 19.2 Å². The predicted octanol–water partition coefficient (Wildman–Crippen LogP) is 9.14. The van der Waals surface area contributed by atoms with Crippen LogP contribution in [0.15, 0.2) is 134 Å². The Morgan fingerprint density at radius 3 is 1.76 bits per heavy atom. The maximum Gasteiger partial charge on any atom is 0.319 e. The average Bonchev–Trinajstić information content (AvgIpc) is 3.86. The summed E-state index contributed by atoms with van der Waals surface area (Å²) in [5, 5.41) is 16.3. The van der Waals surface area contributed by atoms with E-state index in [1.54, 1.807) is 60.9 Å². The van der Waals surface area contributed by atoms with Gasteiger partial charge in [-0.1, -0.05) is 79.7 Å². The number of benzene rings is 4. The molecule has 0 saturated heterocycles. The second kappa shape index (κ2) is 18.4. The summed E-state index contributed by atoms with van der Waals surface area (Å²) in [6.07, 6.45) is 7.12. The molecule has 4 aromatic carbocycles. The van der Waals surface area contributed by atoms with E-state index >= 15 is 0 Å². The number of nitrogens with one attached hydrogen (secondary N) is 6. The van der Waals surface area contributed by atoms with E-state index < -0.39 is 0 Å². The Hall–Kier alpha value is -8.20. The molecule has 62 heavy (non-hydrogen) atoms. The Balaban J connectivity index is 0.000000188. The summed E-state index contributed by atoms with van der Waals surface area (Å²) in [5.74, 6) is 0.654. The highest BCUT2D eigenvalue weighted by Crippen LogP contribution is 2.31. The molecule has 15 nitrogen and oxygen atoms in total. The topological polar surface area (TPSA) is 201 Å². The van der Waals surface area contributed by atoms with Crippen LogP contribution in [0.3, 0.4) is 0 Å². The van der Waals surface area contributed by atoms with Gasteiger partial charge in [-0.25, -0.2) is 24.7 Å². The molecule has 8 aromatic rings. The van der Waals surface area contributed by atoms with Crippen LogP contribution in [0.25, 0.3) is 22.1 Å². The Morgan fingerprint density at radius 2 is 1.18 bits per heavy atom. The first-order valence-electron chi connectivity index (χ1n) is 19.8. The number of hydrogen-bond acceptors (Lipinski definition) is 10. The number of ketones is 2. The van der Waals surface area contributed by atoms with Gasteiger partial charge in [-0.3, -0.25) is 14.4 Å². The maximum absolute atomic E-state index is 13.1. The lowest BCUT2D eigenvalue weighted by molar-refractivity contribution is -0.114. The normalized spacial score (nSPS) is 11.0. The fraction of sp³-hybridized carbons (Fsp3) is 0.149. The summed E-state index contributed by atoms with van der Waals surface area (Å²) in [7, 11) is 1.85. The number of carbonyl (C=O) groups is 4. The molecule has 6 N–H and O–H groups in total. The fourth-order valence-corrected chi connectivity index (χ4v) is 6.59. The van der Waals surface area contributed by atoms with Gasteiger partial charge in [0.25, 0.3) is 0 Å². The smallest absolute Gasteiger partial charge is 0.319 e. The van der Waals surface area contributed by atoms with Crippen LogP contribution in [0.5, 0.6) is 0 Å². The largest absolute Gasteiger partial charge is 0.345 e. The molecule has 4 aromatic heterocycles. The molecule has 0 aliphatic carbocycles. The zero-order valence-electron chi connectivity index (χ0n) is 34.8. The quantitative estimate of drug-likeness (QED) is 0.0645. The van der Waals surface area contributed by atoms with Crippen molar-refractivity contribution in [3.63, 3.8) is 0 Å². The van der Waals surface area contributed by atoms with E-state index in [4.69, 9.17) is 0 Å². The number of nitrogens with zero attached hydrogens (tertiary/aromatic N) is 5. The summed E-state index contributed by atoms with van der Waals surface area (Å²) in [5.41, 5.74) is 5.84. The van der Waals surface area contributed by atoms with Crippen LogP contribution in [0.1, 0.15) is 66.0 Å². The number of urea groups is 1. The standard InChI is InChI=1S/C25H26N6O2.C22H19N5O2/c1-4-25(2,3)31-24(33)30-18-12-8-11-17(13-18)29-23-20-19(14-26-22(20)27-15-28-23)21(32)16-9-6-5-7-10-16;1-14(28)25-16-9-6-10-17(11-16)26-21-19-18(12-27(2)22(19)24-13-23-21)20(29)15-7-4-3-5-8-15/h5-15H,4H2,1-3H3,(H2,30,31,33)(H2,26,27,28,29);3-13H,1-2H3,(H,25,28)(H,23,24,26). The third-order valence-corrected chi connectivity index (χ3v) is 9.95. The number of aromatic nitrogens is 6. The molecule has 3 amide bonds. The van der Waals surface area contributed by atoms with Crippen LogP contribution >= 0.6 is 0 Å². The van der Waals surface area contributed by atoms with Gasteiger partial charge in [0.05, 0.1) is 21.9 Å². The molecule has 0 unspecified atom stereocenters. The highest BCUT2D eigenvalue weighted by molar-refractivity contribution is 6.19. The highest BCUT2D eigenvalue weighted by Gasteiger charge is 2.22. The lowest BCUT2D eigenvalue weighted by Gasteiger charge is -2.24. The number of aromatic amines is 1. The number of hydrogen-bond donors (Lipinski definition) is 6. The van der Waals surface area contributed by atoms with Crippen LogP contribution in [0.4, 0.5) is 39.2 Å². The molecule has 0 aliphatic rings. The minimum Gasteiger partial charge on any atom is -0.345 e. The Kier molecular flexibility index (Phi) is 12.4. The summed E-state index contributed by atoms with van der Waals surface area (Å²) in [6, 6.07) is 32.5. The molecule has 8 rings (SSSR count). The van der Waals surface area contributed by atoms with Crippen molar-refractivity contribution in [3.8, 4) is 0 Å². The molecule has 0 saturated carbocycles. The second-order valence-corrected chi connectivity index (χ2v) is 15.0. The van der Waals surface area contributed by atoms with Crippen LogP contribution in [0.2, 0.25) is 0 Å². The Labute approximate surface area is 357 Å². The van der Waals surface area contributed by atoms with Gasteiger partial charge in [0.1, 0.15) is 35.6 Å². The summed E-state index contributed by atoms with van der Waals surface area (Å²) < 4.78 is 1.81. The zero-order chi connectivity index (χ0) is 43.8. The number of H-pyrrole nitrogens is 1. The van der Waals surface area contributed by atoms with E-state index in [1.807, 2.05) is 93.0 Å². The van der Waals surface area contributed by atoms with Gasteiger partial charge in [-0.05, 0) is 56.7 Å². The Morgan fingerprint density at radius 1 is 0.645 bits per heavy atom. The SMILES string of the molecule is CC(=O)Nc1cccc(Nc2ncnc3c2c(C(=O)c2ccccc2)cn3C)c1.CCC(C)(C)NC(=O)Nc1cccc(Nc2ncnc3[nH]cc(C(=O)c4ccccc4)c23)c1. The van der Waals surface area contributed by atoms with Crippen molar-refractivity contribution in [2.45, 2.75) is 39.7 Å². The van der Waals surface area contributed by atoms with Crippen molar-refractivity contribution in [2.75, 3.05) is 21.3 Å². The molecule has 4 heterocycles. The molecule has 0 bridgehead atoms. The van der Waals surface area contributed by atoms with Gasteiger partial charge in [-0.15, -0.1) is 0 Å². The van der Waals surface area contributed by atoms with Gasteiger partial charge in [0, 0.05) is 65.8 Å². The zero-order valence-corrected chi connectivity index (χ0v) is 34.8. The van der Waals surface area contributed by atoms with Gasteiger partial charge < -0.3 is 36.1 Å². The van der Waals surface area contributed by atoms with Crippen molar-refractivity contribution in [1.29, 1.82) is 0 Å². The molecule has 15 heteroatoms. The van der Waals surface area contributed by atoms with E-state index in [-0.39, 0.29) is 29.0 Å². The van der Waals surface area contributed by atoms with E-state index in [0.717, 1.165) is 12.1 Å². The van der Waals surface area contributed by atoms with Crippen LogP contribution in [0, 0.1) is 0 Å². The molecule has 0 spiro atoms. The van der Waals surface area contributed by atoms with Crippen molar-refractivity contribution < 1.29 is 19.2 Å². The highest BCUT2D eigenvalue weighted by atomic mass is 16.2. The summed E-state index contributed by atoms with van der Waals surface area (Å²) in [6.45, 7) is 7.41. The number of fused-ring (bicyclic) bond motifs is 2. The van der Waals surface area contributed by atoms with Crippen molar-refractivity contribution in [2.24, 2.45) is 7.05 Å². The maximum atomic E-state index is 13.1. The number of carbonyl (C=O) groups excluding carboxylic acids is 4.